The van der Waals surface area contributed by atoms with Crippen LogP contribution in [-0.4, -0.2) is 68.2 Å². The lowest BCUT2D eigenvalue weighted by Gasteiger charge is -2.35. The minimum atomic E-state index is -0.170. The maximum Gasteiger partial charge on any atom is 0.267 e. The monoisotopic (exact) mass is 457 g/mol. The average molecular weight is 458 g/mol. The van der Waals surface area contributed by atoms with Crippen molar-refractivity contribution in [1.29, 1.82) is 0 Å². The lowest BCUT2D eigenvalue weighted by Crippen LogP contribution is -2.47. The van der Waals surface area contributed by atoms with Gasteiger partial charge >= 0.3 is 0 Å². The van der Waals surface area contributed by atoms with Crippen LogP contribution in [0.2, 0.25) is 0 Å². The summed E-state index contributed by atoms with van der Waals surface area (Å²) >= 11 is 6.66. The highest BCUT2D eigenvalue weighted by molar-refractivity contribution is 8.26. The lowest BCUT2D eigenvalue weighted by atomic mass is 10.2. The van der Waals surface area contributed by atoms with Crippen LogP contribution in [0.1, 0.15) is 31.9 Å². The van der Waals surface area contributed by atoms with Crippen LogP contribution < -0.4 is 10.5 Å². The first-order valence-electron chi connectivity index (χ1n) is 10.6. The summed E-state index contributed by atoms with van der Waals surface area (Å²) in [6.07, 6.45) is 3.42. The quantitative estimate of drug-likeness (QED) is 0.517. The van der Waals surface area contributed by atoms with Gasteiger partial charge in [0.15, 0.2) is 0 Å². The van der Waals surface area contributed by atoms with Gasteiger partial charge in [0, 0.05) is 38.4 Å². The number of thioether (sulfide) groups is 1. The largest absolute Gasteiger partial charge is 0.353 e. The van der Waals surface area contributed by atoms with Crippen molar-refractivity contribution in [1.82, 2.24) is 19.2 Å². The van der Waals surface area contributed by atoms with E-state index < -0.39 is 0 Å². The van der Waals surface area contributed by atoms with Crippen LogP contribution in [0.25, 0.3) is 11.7 Å². The zero-order chi connectivity index (χ0) is 22.3. The van der Waals surface area contributed by atoms with Gasteiger partial charge in [0.1, 0.15) is 15.8 Å². The van der Waals surface area contributed by atoms with Gasteiger partial charge in [-0.05, 0) is 45.0 Å². The number of fused-ring (bicyclic) bond motifs is 1. The molecule has 1 amide bonds. The van der Waals surface area contributed by atoms with Crippen molar-refractivity contribution in [2.75, 3.05) is 37.6 Å². The number of piperazine rings is 1. The van der Waals surface area contributed by atoms with E-state index in [1.54, 1.807) is 21.6 Å². The molecule has 0 atom stereocenters. The van der Waals surface area contributed by atoms with Crippen LogP contribution >= 0.6 is 24.0 Å². The molecule has 2 aliphatic heterocycles. The molecule has 164 valence electrons. The first-order chi connectivity index (χ1) is 14.8. The maximum atomic E-state index is 13.5. The molecule has 7 nitrogen and oxygen atoms in total. The normalized spacial score (nSPS) is 19.5. The summed E-state index contributed by atoms with van der Waals surface area (Å²) in [5, 5.41) is 0. The number of pyridine rings is 1. The molecule has 2 aromatic heterocycles. The minimum Gasteiger partial charge on any atom is -0.353 e. The Kier molecular flexibility index (Phi) is 6.18. The Morgan fingerprint density at radius 1 is 1.23 bits per heavy atom. The number of aromatic nitrogens is 2. The van der Waals surface area contributed by atoms with E-state index in [-0.39, 0.29) is 17.5 Å². The Labute approximate surface area is 191 Å². The molecule has 0 unspecified atom stereocenters. The minimum absolute atomic E-state index is 0.0292. The fraction of sp³-hybridized carbons (Fsp3) is 0.455. The lowest BCUT2D eigenvalue weighted by molar-refractivity contribution is -0.123. The predicted octanol–water partition coefficient (Wildman–Crippen LogP) is 2.75. The van der Waals surface area contributed by atoms with Crippen LogP contribution in [0, 0.1) is 6.92 Å². The molecular formula is C22H27N5O2S2. The average Bonchev–Trinajstić information content (AvgIpc) is 3.03. The van der Waals surface area contributed by atoms with Crippen molar-refractivity contribution < 1.29 is 4.79 Å². The highest BCUT2D eigenvalue weighted by atomic mass is 32.2. The summed E-state index contributed by atoms with van der Waals surface area (Å²) in [7, 11) is 0. The Morgan fingerprint density at radius 2 is 1.94 bits per heavy atom. The molecule has 4 rings (SSSR count). The fourth-order valence-corrected chi connectivity index (χ4v) is 5.51. The molecule has 0 N–H and O–H groups in total. The molecule has 2 fully saturated rings. The van der Waals surface area contributed by atoms with Gasteiger partial charge in [-0.3, -0.25) is 18.9 Å². The van der Waals surface area contributed by atoms with Gasteiger partial charge in [0.25, 0.3) is 11.5 Å². The number of rotatable bonds is 4. The third-order valence-electron chi connectivity index (χ3n) is 5.80. The second-order valence-electron chi connectivity index (χ2n) is 8.11. The summed E-state index contributed by atoms with van der Waals surface area (Å²) in [4.78, 5) is 38.0. The van der Waals surface area contributed by atoms with Crippen LogP contribution in [0.4, 0.5) is 5.82 Å². The van der Waals surface area contributed by atoms with E-state index in [1.807, 2.05) is 32.9 Å². The van der Waals surface area contributed by atoms with Crippen LogP contribution in [-0.2, 0) is 4.79 Å². The van der Waals surface area contributed by atoms with Gasteiger partial charge in [0.2, 0.25) is 0 Å². The summed E-state index contributed by atoms with van der Waals surface area (Å²) in [5.74, 6) is 0.491. The van der Waals surface area contributed by atoms with Gasteiger partial charge in [-0.1, -0.05) is 37.0 Å². The van der Waals surface area contributed by atoms with Gasteiger partial charge in [-0.15, -0.1) is 0 Å². The summed E-state index contributed by atoms with van der Waals surface area (Å²) in [6.45, 7) is 12.4. The molecule has 0 aliphatic carbocycles. The Morgan fingerprint density at radius 3 is 2.55 bits per heavy atom. The molecule has 2 aliphatic rings. The molecule has 0 bridgehead atoms. The summed E-state index contributed by atoms with van der Waals surface area (Å²) in [5.41, 5.74) is 1.85. The molecule has 0 radical (unpaired) electrons. The molecule has 9 heteroatoms. The molecule has 0 aromatic carbocycles. The van der Waals surface area contributed by atoms with E-state index in [9.17, 15) is 9.59 Å². The number of carbonyl (C=O) groups excluding carboxylic acids is 1. The molecule has 2 saturated heterocycles. The van der Waals surface area contributed by atoms with Gasteiger partial charge in [-0.25, -0.2) is 4.98 Å². The molecule has 0 saturated carbocycles. The summed E-state index contributed by atoms with van der Waals surface area (Å²) in [6, 6.07) is 3.76. The van der Waals surface area contributed by atoms with E-state index >= 15 is 0 Å². The third-order valence-corrected chi connectivity index (χ3v) is 7.13. The van der Waals surface area contributed by atoms with Crippen molar-refractivity contribution in [3.63, 3.8) is 0 Å². The van der Waals surface area contributed by atoms with Crippen molar-refractivity contribution in [3.8, 4) is 0 Å². The topological polar surface area (TPSA) is 61.2 Å². The smallest absolute Gasteiger partial charge is 0.267 e. The number of nitrogens with zero attached hydrogens (tertiary/aromatic N) is 5. The molecule has 2 aromatic rings. The summed E-state index contributed by atoms with van der Waals surface area (Å²) < 4.78 is 2.09. The second kappa shape index (κ2) is 8.72. The number of amides is 1. The number of hydrogen-bond acceptors (Lipinski definition) is 7. The van der Waals surface area contributed by atoms with E-state index in [4.69, 9.17) is 17.2 Å². The van der Waals surface area contributed by atoms with E-state index in [0.717, 1.165) is 38.3 Å². The van der Waals surface area contributed by atoms with Gasteiger partial charge in [0.05, 0.1) is 10.5 Å². The number of thiocarbonyl (C=S) groups is 1. The van der Waals surface area contributed by atoms with E-state index in [2.05, 4.69) is 16.7 Å². The number of carbonyl (C=O) groups is 1. The highest BCUT2D eigenvalue weighted by Crippen LogP contribution is 2.34. The van der Waals surface area contributed by atoms with E-state index in [0.29, 0.717) is 26.3 Å². The number of anilines is 1. The van der Waals surface area contributed by atoms with E-state index in [1.165, 1.54) is 11.8 Å². The molecule has 0 spiro atoms. The van der Waals surface area contributed by atoms with Crippen molar-refractivity contribution in [2.24, 2.45) is 0 Å². The standard InChI is InChI=1S/C22H27N5O2S2/c1-5-24-9-11-25(12-10-24)19-16(13-17-21(29)27(14(2)3)22(30)31-17)20(28)26-8-6-7-15(4)18(26)23-19/h6-8,13-14H,5,9-12H2,1-4H3. The first-order valence-corrected chi connectivity index (χ1v) is 11.8. The number of likely N-dealkylation sites (N-methyl/N-ethyl adjacent to an activating group) is 1. The molecular weight excluding hydrogens is 430 g/mol. The van der Waals surface area contributed by atoms with Crippen molar-refractivity contribution in [2.45, 2.75) is 33.7 Å². The Balaban J connectivity index is 1.86. The van der Waals surface area contributed by atoms with Gasteiger partial charge in [-0.2, -0.15) is 0 Å². The van der Waals surface area contributed by atoms with Crippen molar-refractivity contribution in [3.05, 3.63) is 44.7 Å². The molecule has 4 heterocycles. The SMILES string of the molecule is CCN1CCN(c2nc3c(C)cccn3c(=O)c2C=C2SC(=S)N(C(C)C)C2=O)CC1. The number of aryl methyl sites for hydroxylation is 1. The maximum absolute atomic E-state index is 13.5. The zero-order valence-electron chi connectivity index (χ0n) is 18.3. The number of hydrogen-bond donors (Lipinski definition) is 0. The zero-order valence-corrected chi connectivity index (χ0v) is 19.9. The van der Waals surface area contributed by atoms with Gasteiger partial charge < -0.3 is 9.80 Å². The van der Waals surface area contributed by atoms with Crippen LogP contribution in [0.5, 0.6) is 0 Å². The van der Waals surface area contributed by atoms with Crippen molar-refractivity contribution >= 4 is 51.7 Å². The molecule has 31 heavy (non-hydrogen) atoms. The van der Waals surface area contributed by atoms with Crippen LogP contribution in [0.3, 0.4) is 0 Å². The predicted molar refractivity (Wildman–Crippen MR) is 131 cm³/mol. The van der Waals surface area contributed by atoms with Crippen LogP contribution in [0.15, 0.2) is 28.0 Å². The first kappa shape index (κ1) is 22.0. The highest BCUT2D eigenvalue weighted by Gasteiger charge is 2.34. The second-order valence-corrected chi connectivity index (χ2v) is 9.78. The third kappa shape index (κ3) is 4.02. The fourth-order valence-electron chi connectivity index (χ4n) is 4.00. The Hall–Kier alpha value is -2.23. The Bertz CT molecular complexity index is 1130.